The second kappa shape index (κ2) is 9.41. The zero-order chi connectivity index (χ0) is 26.6. The molecular weight excluding hydrogens is 508 g/mol. The Hall–Kier alpha value is -2.96. The van der Waals surface area contributed by atoms with Gasteiger partial charge in [-0.15, -0.1) is 11.8 Å². The van der Waals surface area contributed by atoms with Gasteiger partial charge in [-0.3, -0.25) is 14.4 Å². The van der Waals surface area contributed by atoms with Gasteiger partial charge < -0.3 is 29.4 Å². The number of pyridine rings is 1. The molecule has 9 nitrogen and oxygen atoms in total. The van der Waals surface area contributed by atoms with E-state index in [4.69, 9.17) is 9.47 Å². The third-order valence-corrected chi connectivity index (χ3v) is 8.84. The third-order valence-electron chi connectivity index (χ3n) is 7.34. The largest absolute Gasteiger partial charge is 0.503 e. The monoisotopic (exact) mass is 535 g/mol. The van der Waals surface area contributed by atoms with Gasteiger partial charge in [-0.25, -0.2) is 8.78 Å². The molecule has 2 saturated heterocycles. The van der Waals surface area contributed by atoms with Gasteiger partial charge in [-0.05, 0) is 44.4 Å². The molecule has 5 rings (SSSR count). The van der Waals surface area contributed by atoms with Crippen LogP contribution in [0.4, 0.5) is 8.78 Å². The van der Waals surface area contributed by atoms with Crippen LogP contribution < -0.4 is 10.7 Å². The highest BCUT2D eigenvalue weighted by Gasteiger charge is 2.54. The van der Waals surface area contributed by atoms with Crippen molar-refractivity contribution in [2.24, 2.45) is 0 Å². The van der Waals surface area contributed by atoms with Crippen molar-refractivity contribution in [1.82, 2.24) is 14.8 Å². The lowest BCUT2D eigenvalue weighted by Gasteiger charge is -2.42. The number of nitrogens with one attached hydrogen (secondary N) is 1. The first-order valence-corrected chi connectivity index (χ1v) is 12.9. The quantitative estimate of drug-likeness (QED) is 0.620. The van der Waals surface area contributed by atoms with E-state index in [-0.39, 0.29) is 23.8 Å². The van der Waals surface area contributed by atoms with Crippen LogP contribution in [0.5, 0.6) is 5.75 Å². The molecule has 2 aromatic rings. The van der Waals surface area contributed by atoms with Crippen molar-refractivity contribution in [2.75, 3.05) is 19.4 Å². The van der Waals surface area contributed by atoms with Gasteiger partial charge in [-0.1, -0.05) is 0 Å². The number of hydrogen-bond donors (Lipinski definition) is 2. The van der Waals surface area contributed by atoms with Gasteiger partial charge in [0.25, 0.3) is 11.8 Å². The van der Waals surface area contributed by atoms with Crippen LogP contribution in [0, 0.1) is 18.6 Å². The number of rotatable bonds is 4. The van der Waals surface area contributed by atoms with Crippen molar-refractivity contribution in [2.45, 2.75) is 56.5 Å². The zero-order valence-electron chi connectivity index (χ0n) is 20.5. The summed E-state index contributed by atoms with van der Waals surface area (Å²) in [5, 5.41) is 13.2. The van der Waals surface area contributed by atoms with E-state index in [0.717, 1.165) is 12.1 Å². The van der Waals surface area contributed by atoms with E-state index in [0.29, 0.717) is 24.2 Å². The number of halogens is 2. The number of aromatic nitrogens is 1. The number of carbonyl (C=O) groups is 2. The van der Waals surface area contributed by atoms with Gasteiger partial charge in [0.1, 0.15) is 22.1 Å². The Kier molecular flexibility index (Phi) is 6.53. The van der Waals surface area contributed by atoms with E-state index >= 15 is 0 Å². The summed E-state index contributed by atoms with van der Waals surface area (Å²) in [5.41, 5.74) is -1.68. The van der Waals surface area contributed by atoms with Crippen molar-refractivity contribution < 1.29 is 33.0 Å². The average molecular weight is 536 g/mol. The lowest BCUT2D eigenvalue weighted by Crippen LogP contribution is -2.51. The fraction of sp³-hybridized carbons (Fsp3) is 0.480. The van der Waals surface area contributed by atoms with E-state index in [1.165, 1.54) is 29.4 Å². The number of benzene rings is 1. The summed E-state index contributed by atoms with van der Waals surface area (Å²) in [6.45, 7) is 3.18. The number of aromatic hydroxyl groups is 1. The summed E-state index contributed by atoms with van der Waals surface area (Å²) in [4.78, 5) is 40.2. The number of aryl methyl sites for hydroxylation is 1. The Morgan fingerprint density at radius 2 is 2.03 bits per heavy atom. The Morgan fingerprint density at radius 3 is 2.68 bits per heavy atom. The third kappa shape index (κ3) is 4.20. The highest BCUT2D eigenvalue weighted by atomic mass is 32.2. The number of ether oxygens (including phenoxy) is 2. The average Bonchev–Trinajstić information content (AvgIpc) is 3.23. The highest BCUT2D eigenvalue weighted by Crippen LogP contribution is 2.52. The van der Waals surface area contributed by atoms with Crippen molar-refractivity contribution >= 4 is 23.6 Å². The number of thioether (sulfide) groups is 1. The van der Waals surface area contributed by atoms with Crippen LogP contribution in [0.3, 0.4) is 0 Å². The van der Waals surface area contributed by atoms with E-state index in [2.05, 4.69) is 5.32 Å². The van der Waals surface area contributed by atoms with Gasteiger partial charge in [0, 0.05) is 43.8 Å². The second-order valence-electron chi connectivity index (χ2n) is 9.63. The summed E-state index contributed by atoms with van der Waals surface area (Å²) < 4.78 is 41.6. The molecule has 198 valence electrons. The molecule has 3 aliphatic heterocycles. The van der Waals surface area contributed by atoms with Crippen LogP contribution in [-0.2, 0) is 16.0 Å². The highest BCUT2D eigenvalue weighted by molar-refractivity contribution is 8.00. The molecule has 2 bridgehead atoms. The molecule has 0 unspecified atom stereocenters. The minimum Gasteiger partial charge on any atom is -0.503 e. The zero-order valence-corrected chi connectivity index (χ0v) is 21.4. The molecule has 0 radical (unpaired) electrons. The smallest absolute Gasteiger partial charge is 0.274 e. The molecule has 1 spiro atoms. The van der Waals surface area contributed by atoms with Crippen molar-refractivity contribution in [3.05, 3.63) is 62.6 Å². The molecule has 1 aromatic carbocycles. The Balaban J connectivity index is 1.55. The summed E-state index contributed by atoms with van der Waals surface area (Å²) in [5.74, 6) is -3.40. The number of fused-ring (bicyclic) bond motifs is 5. The molecule has 0 aliphatic carbocycles. The van der Waals surface area contributed by atoms with Gasteiger partial charge in [0.2, 0.25) is 5.43 Å². The maximum atomic E-state index is 14.3. The molecule has 2 fully saturated rings. The molecule has 12 heteroatoms. The lowest BCUT2D eigenvalue weighted by molar-refractivity contribution is -0.155. The lowest BCUT2D eigenvalue weighted by atomic mass is 10.0. The minimum absolute atomic E-state index is 0.161. The predicted octanol–water partition coefficient (Wildman–Crippen LogP) is 2.68. The summed E-state index contributed by atoms with van der Waals surface area (Å²) >= 11 is 1.53. The van der Waals surface area contributed by atoms with Crippen molar-refractivity contribution in [1.29, 1.82) is 0 Å². The first-order valence-electron chi connectivity index (χ1n) is 11.9. The van der Waals surface area contributed by atoms with E-state index in [9.17, 15) is 28.3 Å². The molecule has 2 N–H and O–H groups in total. The van der Waals surface area contributed by atoms with Crippen LogP contribution in [0.25, 0.3) is 0 Å². The molecular formula is C25H27F2N3O6S. The number of hydrogen-bond acceptors (Lipinski definition) is 7. The number of methoxy groups -OCH3 is 1. The maximum Gasteiger partial charge on any atom is 0.274 e. The Morgan fingerprint density at radius 1 is 1.32 bits per heavy atom. The Bertz CT molecular complexity index is 1330. The van der Waals surface area contributed by atoms with Gasteiger partial charge in [0.05, 0.1) is 6.04 Å². The summed E-state index contributed by atoms with van der Waals surface area (Å²) in [6, 6.07) is 1.59. The molecule has 37 heavy (non-hydrogen) atoms. The summed E-state index contributed by atoms with van der Waals surface area (Å²) in [6.07, 6.45) is 1.97. The standard InChI is InChI=1S/C25H27F2N3O6S/c1-12-6-16(26)14(17(27)7-12)8-28-23(33)15-9-30-18-10-29(24(34)20(30)22(32)21(15)31)13(2)4-5-25(18)36-19(35-3)11-37-25/h6-7,9,13,18-19,32H,4-5,8,10-11H2,1-3H3,(H,28,33)/t13-,18+,19+,25-/m0/s1. The first-order chi connectivity index (χ1) is 17.6. The maximum absolute atomic E-state index is 14.3. The number of amides is 2. The van der Waals surface area contributed by atoms with Crippen LogP contribution in [0.15, 0.2) is 23.1 Å². The van der Waals surface area contributed by atoms with Gasteiger partial charge in [-0.2, -0.15) is 0 Å². The molecule has 4 atom stereocenters. The fourth-order valence-electron chi connectivity index (χ4n) is 5.28. The Labute approximate surface area is 215 Å². The first kappa shape index (κ1) is 25.7. The SMILES string of the molecule is CO[C@H]1CS[C@]2(CC[C@H](C)N3C[C@H]2n2cc(C(=O)NCc4c(F)cc(C)cc4F)c(=O)c(O)c2C3=O)O1. The molecule has 3 aliphatic rings. The second-order valence-corrected chi connectivity index (χ2v) is 10.9. The van der Waals surface area contributed by atoms with E-state index in [1.54, 1.807) is 12.0 Å². The predicted molar refractivity (Wildman–Crippen MR) is 130 cm³/mol. The minimum atomic E-state index is -1.04. The van der Waals surface area contributed by atoms with E-state index < -0.39 is 64.0 Å². The number of nitrogens with zero attached hydrogens (tertiary/aromatic N) is 2. The topological polar surface area (TPSA) is 110 Å². The van der Waals surface area contributed by atoms with Crippen LogP contribution >= 0.6 is 11.8 Å². The number of carbonyl (C=O) groups excluding carboxylic acids is 2. The van der Waals surface area contributed by atoms with Crippen molar-refractivity contribution in [3.63, 3.8) is 0 Å². The van der Waals surface area contributed by atoms with E-state index in [1.807, 2.05) is 6.92 Å². The van der Waals surface area contributed by atoms with Gasteiger partial charge in [0.15, 0.2) is 17.7 Å². The summed E-state index contributed by atoms with van der Waals surface area (Å²) in [7, 11) is 1.54. The molecule has 2 amide bonds. The van der Waals surface area contributed by atoms with Gasteiger partial charge >= 0.3 is 0 Å². The van der Waals surface area contributed by atoms with Crippen LogP contribution in [0.1, 0.15) is 57.8 Å². The van der Waals surface area contributed by atoms with Crippen LogP contribution in [0.2, 0.25) is 0 Å². The van der Waals surface area contributed by atoms with Crippen molar-refractivity contribution in [3.8, 4) is 5.75 Å². The molecule has 1 aromatic heterocycles. The van der Waals surface area contributed by atoms with Crippen LogP contribution in [-0.4, -0.2) is 63.1 Å². The molecule has 4 heterocycles. The fourth-order valence-corrected chi connectivity index (χ4v) is 6.72. The normalized spacial score (nSPS) is 26.8. The molecule has 0 saturated carbocycles.